The highest BCUT2D eigenvalue weighted by Gasteiger charge is 2.17. The summed E-state index contributed by atoms with van der Waals surface area (Å²) in [6.07, 6.45) is 1.42. The lowest BCUT2D eigenvalue weighted by Gasteiger charge is -2.08. The van der Waals surface area contributed by atoms with Gasteiger partial charge in [0, 0.05) is 11.3 Å². The molecule has 28 heavy (non-hydrogen) atoms. The number of carbonyl (C=O) groups is 2. The molecule has 0 atom stereocenters. The van der Waals surface area contributed by atoms with Crippen molar-refractivity contribution in [3.8, 4) is 0 Å². The first kappa shape index (κ1) is 19.5. The zero-order valence-corrected chi connectivity index (χ0v) is 15.8. The van der Waals surface area contributed by atoms with Crippen molar-refractivity contribution in [1.82, 2.24) is 4.72 Å². The van der Waals surface area contributed by atoms with Crippen LogP contribution in [0.5, 0.6) is 0 Å². The number of benzene rings is 2. The topological polar surface area (TPSA) is 105 Å². The van der Waals surface area contributed by atoms with Crippen molar-refractivity contribution in [1.29, 1.82) is 0 Å². The maximum atomic E-state index is 12.4. The summed E-state index contributed by atoms with van der Waals surface area (Å²) < 4.78 is 32.1. The molecule has 0 fully saturated rings. The highest BCUT2D eigenvalue weighted by molar-refractivity contribution is 7.89. The number of ketones is 1. The molecule has 1 aromatic heterocycles. The number of carbonyl (C=O) groups excluding carboxylic acids is 2. The van der Waals surface area contributed by atoms with Crippen LogP contribution in [-0.4, -0.2) is 26.7 Å². The van der Waals surface area contributed by atoms with Gasteiger partial charge in [0.05, 0.1) is 23.3 Å². The number of sulfonamides is 1. The minimum atomic E-state index is -3.86. The molecule has 0 radical (unpaired) electrons. The quantitative estimate of drug-likeness (QED) is 0.595. The molecule has 0 spiro atoms. The van der Waals surface area contributed by atoms with Gasteiger partial charge in [-0.25, -0.2) is 13.1 Å². The molecule has 3 aromatic rings. The maximum absolute atomic E-state index is 12.4. The Morgan fingerprint density at radius 1 is 0.964 bits per heavy atom. The third-order valence-corrected chi connectivity index (χ3v) is 5.46. The van der Waals surface area contributed by atoms with Gasteiger partial charge in [-0.3, -0.25) is 9.59 Å². The summed E-state index contributed by atoms with van der Waals surface area (Å²) in [4.78, 5) is 24.2. The van der Waals surface area contributed by atoms with E-state index < -0.39 is 10.0 Å². The number of rotatable bonds is 7. The number of anilines is 1. The second-order valence-corrected chi connectivity index (χ2v) is 7.75. The Morgan fingerprint density at radius 3 is 2.25 bits per heavy atom. The van der Waals surface area contributed by atoms with Crippen molar-refractivity contribution >= 4 is 27.4 Å². The molecule has 0 saturated heterocycles. The molecule has 0 unspecified atom stereocenters. The second kappa shape index (κ2) is 8.20. The summed E-state index contributed by atoms with van der Waals surface area (Å²) in [5, 5.41) is 2.67. The van der Waals surface area contributed by atoms with Crippen LogP contribution in [0.3, 0.4) is 0 Å². The van der Waals surface area contributed by atoms with Gasteiger partial charge in [-0.1, -0.05) is 30.3 Å². The van der Waals surface area contributed by atoms with Crippen LogP contribution >= 0.6 is 0 Å². The predicted molar refractivity (Wildman–Crippen MR) is 104 cm³/mol. The van der Waals surface area contributed by atoms with Gasteiger partial charge in [-0.05, 0) is 37.3 Å². The first-order chi connectivity index (χ1) is 13.4. The summed E-state index contributed by atoms with van der Waals surface area (Å²) in [6.45, 7) is 1.33. The predicted octanol–water partition coefficient (Wildman–Crippen LogP) is 3.00. The molecule has 7 nitrogen and oxygen atoms in total. The van der Waals surface area contributed by atoms with Gasteiger partial charge in [0.15, 0.2) is 5.78 Å². The molecule has 0 aliphatic heterocycles. The number of hydrogen-bond donors (Lipinski definition) is 2. The van der Waals surface area contributed by atoms with Crippen molar-refractivity contribution in [3.05, 3.63) is 83.8 Å². The van der Waals surface area contributed by atoms with Gasteiger partial charge < -0.3 is 9.73 Å². The van der Waals surface area contributed by atoms with Crippen molar-refractivity contribution in [3.63, 3.8) is 0 Å². The van der Waals surface area contributed by atoms with E-state index in [1.807, 2.05) is 0 Å². The van der Waals surface area contributed by atoms with E-state index >= 15 is 0 Å². The minimum Gasteiger partial charge on any atom is -0.469 e. The molecule has 0 bridgehead atoms. The van der Waals surface area contributed by atoms with Crippen molar-refractivity contribution in [2.75, 3.05) is 11.9 Å². The Hall–Kier alpha value is -3.23. The third kappa shape index (κ3) is 4.54. The van der Waals surface area contributed by atoms with Gasteiger partial charge in [-0.2, -0.15) is 0 Å². The fraction of sp³-hybridized carbons (Fsp3) is 0.100. The van der Waals surface area contributed by atoms with E-state index in [9.17, 15) is 18.0 Å². The van der Waals surface area contributed by atoms with Crippen molar-refractivity contribution in [2.24, 2.45) is 0 Å². The number of aryl methyl sites for hydroxylation is 1. The smallest absolute Gasteiger partial charge is 0.259 e. The fourth-order valence-corrected chi connectivity index (χ4v) is 3.49. The minimum absolute atomic E-state index is 0.00847. The Morgan fingerprint density at radius 2 is 1.64 bits per heavy atom. The molecule has 8 heteroatoms. The third-order valence-electron chi connectivity index (χ3n) is 4.04. The van der Waals surface area contributed by atoms with E-state index in [0.717, 1.165) is 0 Å². The Balaban J connectivity index is 1.64. The molecule has 1 heterocycles. The molecule has 3 rings (SSSR count). The highest BCUT2D eigenvalue weighted by Crippen LogP contribution is 2.16. The van der Waals surface area contributed by atoms with Crippen LogP contribution in [0.1, 0.15) is 26.5 Å². The summed E-state index contributed by atoms with van der Waals surface area (Å²) in [6, 6.07) is 15.6. The highest BCUT2D eigenvalue weighted by atomic mass is 32.2. The number of Topliss-reactive ketones (excluding diaryl/α,β-unsaturated/α-hetero) is 1. The molecular formula is C20H18N2O5S. The molecule has 0 aliphatic rings. The van der Waals surface area contributed by atoms with E-state index in [1.165, 1.54) is 30.5 Å². The summed E-state index contributed by atoms with van der Waals surface area (Å²) in [5.74, 6) is -0.194. The number of hydrogen-bond acceptors (Lipinski definition) is 5. The van der Waals surface area contributed by atoms with Crippen LogP contribution < -0.4 is 10.0 Å². The van der Waals surface area contributed by atoms with Gasteiger partial charge in [0.2, 0.25) is 10.0 Å². The van der Waals surface area contributed by atoms with E-state index in [1.54, 1.807) is 43.3 Å². The Kier molecular flexibility index (Phi) is 5.72. The zero-order chi connectivity index (χ0) is 20.1. The SMILES string of the molecule is Cc1occc1C(=O)Nc1ccc(S(=O)(=O)NCC(=O)c2ccccc2)cc1. The van der Waals surface area contributed by atoms with Crippen LogP contribution in [0.2, 0.25) is 0 Å². The molecular weight excluding hydrogens is 380 g/mol. The normalized spacial score (nSPS) is 11.2. The fourth-order valence-electron chi connectivity index (χ4n) is 2.51. The van der Waals surface area contributed by atoms with E-state index in [4.69, 9.17) is 4.42 Å². The first-order valence-electron chi connectivity index (χ1n) is 8.40. The number of furan rings is 1. The average Bonchev–Trinajstić information content (AvgIpc) is 3.13. The molecule has 144 valence electrons. The van der Waals surface area contributed by atoms with Gasteiger partial charge in [-0.15, -0.1) is 0 Å². The van der Waals surface area contributed by atoms with Crippen molar-refractivity contribution in [2.45, 2.75) is 11.8 Å². The van der Waals surface area contributed by atoms with Gasteiger partial charge in [0.1, 0.15) is 5.76 Å². The Bertz CT molecular complexity index is 1090. The van der Waals surface area contributed by atoms with Crippen LogP contribution in [-0.2, 0) is 10.0 Å². The maximum Gasteiger partial charge on any atom is 0.259 e. The summed E-state index contributed by atoms with van der Waals surface area (Å²) >= 11 is 0. The first-order valence-corrected chi connectivity index (χ1v) is 9.88. The molecule has 2 aromatic carbocycles. The molecule has 2 N–H and O–H groups in total. The van der Waals surface area contributed by atoms with Gasteiger partial charge >= 0.3 is 0 Å². The summed E-state index contributed by atoms with van der Waals surface area (Å²) in [7, 11) is -3.86. The monoisotopic (exact) mass is 398 g/mol. The van der Waals surface area contributed by atoms with Crippen LogP contribution in [0, 0.1) is 6.92 Å². The van der Waals surface area contributed by atoms with Crippen LogP contribution in [0.25, 0.3) is 0 Å². The summed E-state index contributed by atoms with van der Waals surface area (Å²) in [5.41, 5.74) is 1.26. The lowest BCUT2D eigenvalue weighted by molar-refractivity contribution is 0.0994. The van der Waals surface area contributed by atoms with E-state index in [-0.39, 0.29) is 23.1 Å². The average molecular weight is 398 g/mol. The largest absolute Gasteiger partial charge is 0.469 e. The van der Waals surface area contributed by atoms with Crippen molar-refractivity contribution < 1.29 is 22.4 Å². The number of nitrogens with one attached hydrogen (secondary N) is 2. The second-order valence-electron chi connectivity index (χ2n) is 5.98. The standard InChI is InChI=1S/C20H18N2O5S/c1-14-18(11-12-27-14)20(24)22-16-7-9-17(10-8-16)28(25,26)21-13-19(23)15-5-3-2-4-6-15/h2-12,21H,13H2,1H3,(H,22,24). The lowest BCUT2D eigenvalue weighted by atomic mass is 10.1. The van der Waals surface area contributed by atoms with E-state index in [2.05, 4.69) is 10.0 Å². The van der Waals surface area contributed by atoms with E-state index in [0.29, 0.717) is 22.6 Å². The molecule has 1 amide bonds. The number of amides is 1. The van der Waals surface area contributed by atoms with Crippen LogP contribution in [0.4, 0.5) is 5.69 Å². The molecule has 0 aliphatic carbocycles. The lowest BCUT2D eigenvalue weighted by Crippen LogP contribution is -2.29. The Labute approximate surface area is 162 Å². The zero-order valence-electron chi connectivity index (χ0n) is 15.0. The molecule has 0 saturated carbocycles. The van der Waals surface area contributed by atoms with Gasteiger partial charge in [0.25, 0.3) is 5.91 Å². The van der Waals surface area contributed by atoms with Crippen LogP contribution in [0.15, 0.2) is 76.2 Å².